The molecule has 19 heavy (non-hydrogen) atoms. The van der Waals surface area contributed by atoms with E-state index in [1.165, 1.54) is 11.3 Å². The fraction of sp³-hybridized carbons (Fsp3) is 0.600. The molecule has 1 fully saturated rings. The lowest BCUT2D eigenvalue weighted by atomic mass is 10.1. The van der Waals surface area contributed by atoms with E-state index in [0.717, 1.165) is 37.3 Å². The summed E-state index contributed by atoms with van der Waals surface area (Å²) < 4.78 is 6.57. The minimum Gasteiger partial charge on any atom is -0.378 e. The highest BCUT2D eigenvalue weighted by atomic mass is 79.9. The van der Waals surface area contributed by atoms with Gasteiger partial charge in [0.15, 0.2) is 0 Å². The van der Waals surface area contributed by atoms with Crippen molar-refractivity contribution in [1.82, 2.24) is 5.32 Å². The fourth-order valence-corrected chi connectivity index (χ4v) is 2.49. The molecular weight excluding hydrogens is 304 g/mol. The zero-order valence-corrected chi connectivity index (χ0v) is 13.6. The van der Waals surface area contributed by atoms with Crippen molar-refractivity contribution in [3.63, 3.8) is 0 Å². The Hall–Kier alpha value is -0.580. The summed E-state index contributed by atoms with van der Waals surface area (Å²) in [6, 6.07) is 6.53. The Morgan fingerprint density at radius 2 is 1.95 bits per heavy atom. The first-order valence-corrected chi connectivity index (χ1v) is 7.61. The van der Waals surface area contributed by atoms with E-state index in [0.29, 0.717) is 0 Å². The number of nitrogens with one attached hydrogen (secondary N) is 1. The van der Waals surface area contributed by atoms with Crippen molar-refractivity contribution < 1.29 is 4.74 Å². The van der Waals surface area contributed by atoms with Gasteiger partial charge in [-0.05, 0) is 38.5 Å². The van der Waals surface area contributed by atoms with Gasteiger partial charge in [-0.1, -0.05) is 22.0 Å². The Morgan fingerprint density at radius 3 is 2.58 bits per heavy atom. The molecule has 0 aliphatic carbocycles. The first-order chi connectivity index (χ1) is 8.96. The van der Waals surface area contributed by atoms with E-state index in [-0.39, 0.29) is 5.54 Å². The van der Waals surface area contributed by atoms with Crippen molar-refractivity contribution in [3.05, 3.63) is 28.2 Å². The van der Waals surface area contributed by atoms with E-state index in [9.17, 15) is 0 Å². The third-order valence-corrected chi connectivity index (χ3v) is 3.70. The number of ether oxygens (including phenoxy) is 1. The van der Waals surface area contributed by atoms with Crippen LogP contribution in [0.5, 0.6) is 0 Å². The second-order valence-corrected chi connectivity index (χ2v) is 6.89. The minimum atomic E-state index is 0.134. The van der Waals surface area contributed by atoms with E-state index in [4.69, 9.17) is 4.74 Å². The molecule has 1 saturated heterocycles. The Balaban J connectivity index is 2.17. The smallest absolute Gasteiger partial charge is 0.0642 e. The quantitative estimate of drug-likeness (QED) is 0.923. The van der Waals surface area contributed by atoms with Crippen LogP contribution in [0, 0.1) is 0 Å². The number of hydrogen-bond acceptors (Lipinski definition) is 3. The van der Waals surface area contributed by atoms with Gasteiger partial charge in [-0.2, -0.15) is 0 Å². The van der Waals surface area contributed by atoms with Crippen LogP contribution >= 0.6 is 15.9 Å². The van der Waals surface area contributed by atoms with E-state index in [1.807, 2.05) is 0 Å². The third-order valence-electron chi connectivity index (χ3n) is 3.21. The highest BCUT2D eigenvalue weighted by Crippen LogP contribution is 2.26. The second-order valence-electron chi connectivity index (χ2n) is 5.98. The van der Waals surface area contributed by atoms with Crippen molar-refractivity contribution in [2.24, 2.45) is 0 Å². The maximum atomic E-state index is 5.44. The third kappa shape index (κ3) is 4.48. The van der Waals surface area contributed by atoms with Crippen molar-refractivity contribution in [3.8, 4) is 0 Å². The molecule has 106 valence electrons. The van der Waals surface area contributed by atoms with Crippen LogP contribution in [0.1, 0.15) is 26.3 Å². The maximum absolute atomic E-state index is 5.44. The molecule has 0 bridgehead atoms. The number of hydrogen-bond donors (Lipinski definition) is 1. The number of anilines is 1. The van der Waals surface area contributed by atoms with Gasteiger partial charge in [-0.3, -0.25) is 0 Å². The SMILES string of the molecule is CC(C)(C)NCc1ccc(Br)cc1N1CCOCC1. The maximum Gasteiger partial charge on any atom is 0.0642 e. The summed E-state index contributed by atoms with van der Waals surface area (Å²) in [5, 5.41) is 3.56. The molecule has 1 aromatic rings. The van der Waals surface area contributed by atoms with Gasteiger partial charge in [0.05, 0.1) is 13.2 Å². The predicted octanol–water partition coefficient (Wildman–Crippen LogP) is 3.17. The van der Waals surface area contributed by atoms with Gasteiger partial charge in [0.1, 0.15) is 0 Å². The van der Waals surface area contributed by atoms with Crippen LogP contribution in [-0.2, 0) is 11.3 Å². The van der Waals surface area contributed by atoms with E-state index >= 15 is 0 Å². The molecule has 4 heteroatoms. The minimum absolute atomic E-state index is 0.134. The van der Waals surface area contributed by atoms with Crippen LogP contribution in [0.3, 0.4) is 0 Å². The van der Waals surface area contributed by atoms with E-state index in [1.54, 1.807) is 0 Å². The largest absolute Gasteiger partial charge is 0.378 e. The highest BCUT2D eigenvalue weighted by Gasteiger charge is 2.16. The average molecular weight is 327 g/mol. The molecule has 0 unspecified atom stereocenters. The number of rotatable bonds is 3. The molecule has 0 radical (unpaired) electrons. The summed E-state index contributed by atoms with van der Waals surface area (Å²) in [6.07, 6.45) is 0. The Labute approximate surface area is 124 Å². The van der Waals surface area contributed by atoms with Gasteiger partial charge in [0, 0.05) is 35.3 Å². The molecule has 0 aromatic heterocycles. The molecule has 0 amide bonds. The molecule has 1 heterocycles. The summed E-state index contributed by atoms with van der Waals surface area (Å²) in [5.74, 6) is 0. The number of benzene rings is 1. The van der Waals surface area contributed by atoms with Crippen LogP contribution in [0.4, 0.5) is 5.69 Å². The molecule has 1 aliphatic rings. The van der Waals surface area contributed by atoms with Crippen molar-refractivity contribution in [2.75, 3.05) is 31.2 Å². The zero-order chi connectivity index (χ0) is 13.9. The van der Waals surface area contributed by atoms with Crippen molar-refractivity contribution >= 4 is 21.6 Å². The van der Waals surface area contributed by atoms with E-state index in [2.05, 4.69) is 65.1 Å². The molecule has 1 N–H and O–H groups in total. The molecule has 0 saturated carbocycles. The molecule has 0 spiro atoms. The van der Waals surface area contributed by atoms with Crippen LogP contribution in [0.25, 0.3) is 0 Å². The van der Waals surface area contributed by atoms with Crippen LogP contribution in [0.15, 0.2) is 22.7 Å². The second kappa shape index (κ2) is 6.25. The lowest BCUT2D eigenvalue weighted by Gasteiger charge is -2.31. The van der Waals surface area contributed by atoms with E-state index < -0.39 is 0 Å². The van der Waals surface area contributed by atoms with Gasteiger partial charge < -0.3 is 15.0 Å². The molecule has 1 aliphatic heterocycles. The monoisotopic (exact) mass is 326 g/mol. The van der Waals surface area contributed by atoms with Gasteiger partial charge in [-0.15, -0.1) is 0 Å². The fourth-order valence-electron chi connectivity index (χ4n) is 2.15. The van der Waals surface area contributed by atoms with Gasteiger partial charge in [0.25, 0.3) is 0 Å². The van der Waals surface area contributed by atoms with Crippen LogP contribution in [0.2, 0.25) is 0 Å². The normalized spacial score (nSPS) is 16.7. The first-order valence-electron chi connectivity index (χ1n) is 6.82. The number of halogens is 1. The van der Waals surface area contributed by atoms with Crippen LogP contribution in [-0.4, -0.2) is 31.8 Å². The summed E-state index contributed by atoms with van der Waals surface area (Å²) in [6.45, 7) is 11.1. The average Bonchev–Trinajstić information content (AvgIpc) is 2.37. The predicted molar refractivity (Wildman–Crippen MR) is 83.8 cm³/mol. The zero-order valence-electron chi connectivity index (χ0n) is 12.0. The highest BCUT2D eigenvalue weighted by molar-refractivity contribution is 9.10. The van der Waals surface area contributed by atoms with Gasteiger partial charge >= 0.3 is 0 Å². The van der Waals surface area contributed by atoms with Crippen LogP contribution < -0.4 is 10.2 Å². The number of morpholine rings is 1. The summed E-state index contributed by atoms with van der Waals surface area (Å²) in [4.78, 5) is 2.41. The first kappa shape index (κ1) is 14.8. The Bertz CT molecular complexity index is 423. The summed E-state index contributed by atoms with van der Waals surface area (Å²) in [5.41, 5.74) is 2.80. The Morgan fingerprint density at radius 1 is 1.26 bits per heavy atom. The molecule has 0 atom stereocenters. The lowest BCUT2D eigenvalue weighted by molar-refractivity contribution is 0.122. The topological polar surface area (TPSA) is 24.5 Å². The summed E-state index contributed by atoms with van der Waals surface area (Å²) >= 11 is 3.58. The van der Waals surface area contributed by atoms with Crippen molar-refractivity contribution in [2.45, 2.75) is 32.9 Å². The Kier molecular flexibility index (Phi) is 4.87. The van der Waals surface area contributed by atoms with Gasteiger partial charge in [0.2, 0.25) is 0 Å². The molecular formula is C15H23BrN2O. The number of nitrogens with zero attached hydrogens (tertiary/aromatic N) is 1. The standard InChI is InChI=1S/C15H23BrN2O/c1-15(2,3)17-11-12-4-5-13(16)10-14(12)18-6-8-19-9-7-18/h4-5,10,17H,6-9,11H2,1-3H3. The molecule has 1 aromatic carbocycles. The lowest BCUT2D eigenvalue weighted by Crippen LogP contribution is -2.38. The molecule has 3 nitrogen and oxygen atoms in total. The summed E-state index contributed by atoms with van der Waals surface area (Å²) in [7, 11) is 0. The molecule has 2 rings (SSSR count). The van der Waals surface area contributed by atoms with Gasteiger partial charge in [-0.25, -0.2) is 0 Å². The van der Waals surface area contributed by atoms with Crippen molar-refractivity contribution in [1.29, 1.82) is 0 Å².